The van der Waals surface area contributed by atoms with Crippen molar-refractivity contribution in [1.82, 2.24) is 14.9 Å². The number of fused-ring (bicyclic) bond motifs is 1. The number of rotatable bonds is 3. The Kier molecular flexibility index (Phi) is 9.68. The minimum Gasteiger partial charge on any atom is -0.475 e. The molecular formula is C25H21F6N3O6S. The number of ether oxygens (including phenoxy) is 1. The third-order valence-corrected chi connectivity index (χ3v) is 7.22. The predicted molar refractivity (Wildman–Crippen MR) is 133 cm³/mol. The van der Waals surface area contributed by atoms with Crippen LogP contribution < -0.4 is 4.74 Å². The number of nitrogens with zero attached hydrogens (tertiary/aromatic N) is 3. The lowest BCUT2D eigenvalue weighted by Crippen LogP contribution is -2.61. The molecule has 2 aromatic heterocycles. The van der Waals surface area contributed by atoms with Crippen LogP contribution in [0.15, 0.2) is 60.8 Å². The van der Waals surface area contributed by atoms with Crippen LogP contribution in [-0.4, -0.2) is 85.0 Å². The number of thioether (sulfide) groups is 1. The summed E-state index contributed by atoms with van der Waals surface area (Å²) in [7, 11) is 0. The predicted octanol–water partition coefficient (Wildman–Crippen LogP) is 4.68. The molecule has 1 spiro atoms. The summed E-state index contributed by atoms with van der Waals surface area (Å²) < 4.78 is 69.6. The molecule has 2 saturated heterocycles. The van der Waals surface area contributed by atoms with E-state index in [9.17, 15) is 31.1 Å². The zero-order valence-corrected chi connectivity index (χ0v) is 21.5. The molecule has 0 radical (unpaired) electrons. The summed E-state index contributed by atoms with van der Waals surface area (Å²) in [4.78, 5) is 41.3. The standard InChI is InChI=1S/C21H19N3O2S.2C2HF3O2/c25-20(18-9-8-15-5-1-2-6-17(15)23-18)24-13-21(14-24)11-16(12-27-21)26-19-7-3-4-10-22-19;2*3-2(4,5)1(6)7/h1-10,16H,11-14H2;2*(H,6,7). The summed E-state index contributed by atoms with van der Waals surface area (Å²) in [5, 5.41) is 15.3. The van der Waals surface area contributed by atoms with Gasteiger partial charge in [0.2, 0.25) is 5.88 Å². The van der Waals surface area contributed by atoms with E-state index in [2.05, 4.69) is 9.97 Å². The summed E-state index contributed by atoms with van der Waals surface area (Å²) in [6.07, 6.45) is -7.32. The molecule has 41 heavy (non-hydrogen) atoms. The average molecular weight is 606 g/mol. The van der Waals surface area contributed by atoms with E-state index in [-0.39, 0.29) is 16.8 Å². The number of carbonyl (C=O) groups excluding carboxylic acids is 1. The van der Waals surface area contributed by atoms with E-state index >= 15 is 0 Å². The van der Waals surface area contributed by atoms with Gasteiger partial charge in [-0.2, -0.15) is 26.3 Å². The highest BCUT2D eigenvalue weighted by Crippen LogP contribution is 2.46. The Morgan fingerprint density at radius 1 is 0.902 bits per heavy atom. The highest BCUT2D eigenvalue weighted by Gasteiger charge is 2.51. The second-order valence-corrected chi connectivity index (χ2v) is 10.3. The molecule has 2 N–H and O–H groups in total. The van der Waals surface area contributed by atoms with E-state index in [0.717, 1.165) is 36.2 Å². The van der Waals surface area contributed by atoms with Gasteiger partial charge in [-0.15, -0.1) is 11.8 Å². The van der Waals surface area contributed by atoms with Gasteiger partial charge in [-0.3, -0.25) is 4.79 Å². The van der Waals surface area contributed by atoms with Crippen molar-refractivity contribution in [1.29, 1.82) is 0 Å². The number of aromatic nitrogens is 2. The maximum atomic E-state index is 12.8. The molecule has 4 heterocycles. The Balaban J connectivity index is 0.000000276. The number of carboxylic acids is 2. The van der Waals surface area contributed by atoms with E-state index in [0.29, 0.717) is 11.6 Å². The van der Waals surface area contributed by atoms with Crippen molar-refractivity contribution in [3.63, 3.8) is 0 Å². The van der Waals surface area contributed by atoms with Crippen LogP contribution >= 0.6 is 11.8 Å². The van der Waals surface area contributed by atoms with Gasteiger partial charge in [-0.1, -0.05) is 30.3 Å². The fourth-order valence-corrected chi connectivity index (χ4v) is 5.35. The molecule has 9 nitrogen and oxygen atoms in total. The number of pyridine rings is 2. The SMILES string of the molecule is O=C(O)C(F)(F)F.O=C(O)C(F)(F)F.O=C(c1ccc2ccccc2n1)N1CC2(CC(Oc3ccccn3)CS2)C1. The molecule has 2 aliphatic heterocycles. The summed E-state index contributed by atoms with van der Waals surface area (Å²) in [6.45, 7) is 1.51. The molecule has 1 atom stereocenters. The third kappa shape index (κ3) is 8.70. The molecular weight excluding hydrogens is 584 g/mol. The normalized spacial score (nSPS) is 17.4. The van der Waals surface area contributed by atoms with Gasteiger partial charge in [0.1, 0.15) is 11.8 Å². The van der Waals surface area contributed by atoms with Crippen LogP contribution in [0.3, 0.4) is 0 Å². The number of alkyl halides is 6. The Morgan fingerprint density at radius 2 is 1.49 bits per heavy atom. The Bertz CT molecular complexity index is 1360. The Labute approximate surface area is 232 Å². The Hall–Kier alpha value is -4.08. The number of likely N-dealkylation sites (tertiary alicyclic amines) is 1. The van der Waals surface area contributed by atoms with E-state index in [1.165, 1.54) is 0 Å². The molecule has 2 aliphatic rings. The fourth-order valence-electron chi connectivity index (χ4n) is 3.83. The van der Waals surface area contributed by atoms with Crippen molar-refractivity contribution in [3.05, 3.63) is 66.5 Å². The van der Waals surface area contributed by atoms with Crippen LogP contribution in [0.1, 0.15) is 16.9 Å². The highest BCUT2D eigenvalue weighted by molar-refractivity contribution is 8.01. The topological polar surface area (TPSA) is 130 Å². The van der Waals surface area contributed by atoms with Gasteiger partial charge in [0.05, 0.1) is 10.3 Å². The van der Waals surface area contributed by atoms with Gasteiger partial charge in [0.25, 0.3) is 5.91 Å². The first-order valence-corrected chi connectivity index (χ1v) is 12.6. The third-order valence-electron chi connectivity index (χ3n) is 5.65. The Morgan fingerprint density at radius 3 is 2.05 bits per heavy atom. The van der Waals surface area contributed by atoms with E-state index in [4.69, 9.17) is 24.5 Å². The van der Waals surface area contributed by atoms with E-state index < -0.39 is 24.3 Å². The zero-order chi connectivity index (χ0) is 30.4. The van der Waals surface area contributed by atoms with Crippen LogP contribution in [0.5, 0.6) is 5.88 Å². The van der Waals surface area contributed by atoms with Crippen molar-refractivity contribution in [3.8, 4) is 5.88 Å². The van der Waals surface area contributed by atoms with Crippen molar-refractivity contribution in [2.45, 2.75) is 29.6 Å². The van der Waals surface area contributed by atoms with E-state index in [1.807, 2.05) is 71.3 Å². The number of para-hydroxylation sites is 1. The number of carboxylic acid groups (broad SMARTS) is 2. The number of amides is 1. The number of hydrogen-bond donors (Lipinski definition) is 2. The van der Waals surface area contributed by atoms with Gasteiger partial charge in [-0.05, 0) is 18.2 Å². The second kappa shape index (κ2) is 12.6. The molecule has 1 aromatic carbocycles. The van der Waals surface area contributed by atoms with Gasteiger partial charge in [0, 0.05) is 42.9 Å². The van der Waals surface area contributed by atoms with Crippen molar-refractivity contribution < 1.29 is 55.7 Å². The first kappa shape index (κ1) is 31.4. The molecule has 0 saturated carbocycles. The lowest BCUT2D eigenvalue weighted by atomic mass is 9.92. The molecule has 0 aliphatic carbocycles. The van der Waals surface area contributed by atoms with Crippen LogP contribution in [0.2, 0.25) is 0 Å². The summed E-state index contributed by atoms with van der Waals surface area (Å²) >= 11 is 1.91. The quantitative estimate of drug-likeness (QED) is 0.409. The van der Waals surface area contributed by atoms with Gasteiger partial charge >= 0.3 is 24.3 Å². The van der Waals surface area contributed by atoms with Crippen LogP contribution in [0.4, 0.5) is 26.3 Å². The van der Waals surface area contributed by atoms with Crippen molar-refractivity contribution in [2.24, 2.45) is 0 Å². The summed E-state index contributed by atoms with van der Waals surface area (Å²) in [5.74, 6) is -3.89. The lowest BCUT2D eigenvalue weighted by molar-refractivity contribution is -0.193. The van der Waals surface area contributed by atoms with Gasteiger partial charge in [0.15, 0.2) is 0 Å². The monoisotopic (exact) mass is 605 g/mol. The summed E-state index contributed by atoms with van der Waals surface area (Å²) in [5.41, 5.74) is 1.38. The van der Waals surface area contributed by atoms with Crippen LogP contribution in [-0.2, 0) is 9.59 Å². The van der Waals surface area contributed by atoms with Gasteiger partial charge in [-0.25, -0.2) is 19.6 Å². The fraction of sp³-hybridized carbons (Fsp3) is 0.320. The number of benzene rings is 1. The van der Waals surface area contributed by atoms with Crippen LogP contribution in [0, 0.1) is 0 Å². The smallest absolute Gasteiger partial charge is 0.475 e. The minimum absolute atomic E-state index is 0.0149. The summed E-state index contributed by atoms with van der Waals surface area (Å²) in [6, 6.07) is 17.4. The highest BCUT2D eigenvalue weighted by atomic mass is 32.2. The lowest BCUT2D eigenvalue weighted by Gasteiger charge is -2.47. The van der Waals surface area contributed by atoms with Crippen LogP contribution in [0.25, 0.3) is 10.9 Å². The maximum Gasteiger partial charge on any atom is 0.490 e. The molecule has 220 valence electrons. The molecule has 5 rings (SSSR count). The average Bonchev–Trinajstić information content (AvgIpc) is 3.31. The van der Waals surface area contributed by atoms with Gasteiger partial charge < -0.3 is 19.8 Å². The van der Waals surface area contributed by atoms with Crippen molar-refractivity contribution >= 4 is 40.5 Å². The van der Waals surface area contributed by atoms with E-state index in [1.54, 1.807) is 6.20 Å². The number of hydrogen-bond acceptors (Lipinski definition) is 7. The molecule has 0 bridgehead atoms. The number of halogens is 6. The molecule has 1 amide bonds. The van der Waals surface area contributed by atoms with Crippen molar-refractivity contribution in [2.75, 3.05) is 18.8 Å². The maximum absolute atomic E-state index is 12.8. The zero-order valence-electron chi connectivity index (χ0n) is 20.7. The molecule has 2 fully saturated rings. The minimum atomic E-state index is -5.08. The largest absolute Gasteiger partial charge is 0.490 e. The number of aliphatic carboxylic acids is 2. The molecule has 16 heteroatoms. The molecule has 1 unspecified atom stereocenters. The first-order valence-electron chi connectivity index (χ1n) is 11.6. The first-order chi connectivity index (χ1) is 19.1. The molecule has 3 aromatic rings. The number of carbonyl (C=O) groups is 3. The second-order valence-electron chi connectivity index (χ2n) is 8.76.